The molecule has 3 atom stereocenters. The maximum Gasteiger partial charge on any atom is 0.309 e. The number of carbonyl (C=O) groups excluding carboxylic acids is 1. The lowest BCUT2D eigenvalue weighted by Gasteiger charge is -2.41. The molecular weight excluding hydrogens is 312 g/mol. The number of esters is 1. The summed E-state index contributed by atoms with van der Waals surface area (Å²) < 4.78 is 5.30. The summed E-state index contributed by atoms with van der Waals surface area (Å²) in [4.78, 5) is 12.4. The Morgan fingerprint density at radius 1 is 1.12 bits per heavy atom. The largest absolute Gasteiger partial charge is 0.466 e. The van der Waals surface area contributed by atoms with Gasteiger partial charge >= 0.3 is 5.97 Å². The van der Waals surface area contributed by atoms with Crippen molar-refractivity contribution in [2.75, 3.05) is 6.61 Å². The second-order valence-electron chi connectivity index (χ2n) is 7.01. The molecule has 2 aromatic rings. The van der Waals surface area contributed by atoms with Gasteiger partial charge in [-0.3, -0.25) is 4.79 Å². The number of aliphatic hydroxyl groups is 1. The van der Waals surface area contributed by atoms with Crippen LogP contribution in [0.3, 0.4) is 0 Å². The first kappa shape index (κ1) is 17.7. The molecule has 3 heteroatoms. The first-order valence-electron chi connectivity index (χ1n) is 9.09. The van der Waals surface area contributed by atoms with E-state index >= 15 is 0 Å². The Morgan fingerprint density at radius 2 is 1.76 bits per heavy atom. The summed E-state index contributed by atoms with van der Waals surface area (Å²) in [5.41, 5.74) is 1.45. The van der Waals surface area contributed by atoms with Gasteiger partial charge in [0, 0.05) is 6.42 Å². The van der Waals surface area contributed by atoms with Gasteiger partial charge in [0.25, 0.3) is 0 Å². The van der Waals surface area contributed by atoms with Crippen LogP contribution >= 0.6 is 0 Å². The van der Waals surface area contributed by atoms with Crippen molar-refractivity contribution in [3.63, 3.8) is 0 Å². The van der Waals surface area contributed by atoms with Gasteiger partial charge in [-0.1, -0.05) is 60.7 Å². The average molecular weight is 338 g/mol. The van der Waals surface area contributed by atoms with Crippen molar-refractivity contribution < 1.29 is 14.6 Å². The number of hydrogen-bond donors (Lipinski definition) is 1. The Bertz CT molecular complexity index is 683. The highest BCUT2D eigenvalue weighted by atomic mass is 16.5. The fourth-order valence-electron chi connectivity index (χ4n) is 4.00. The lowest BCUT2D eigenvalue weighted by atomic mass is 9.67. The molecule has 0 bridgehead atoms. The molecular formula is C22H26O3. The average Bonchev–Trinajstić information content (AvgIpc) is 2.63. The highest BCUT2D eigenvalue weighted by Gasteiger charge is 2.43. The molecule has 3 nitrogen and oxygen atoms in total. The lowest BCUT2D eigenvalue weighted by molar-refractivity contribution is -0.152. The van der Waals surface area contributed by atoms with Crippen molar-refractivity contribution >= 4 is 5.97 Å². The number of rotatable bonds is 5. The highest BCUT2D eigenvalue weighted by molar-refractivity contribution is 5.74. The molecule has 0 saturated heterocycles. The van der Waals surface area contributed by atoms with Crippen LogP contribution in [0.5, 0.6) is 0 Å². The molecule has 1 aliphatic rings. The van der Waals surface area contributed by atoms with Gasteiger partial charge < -0.3 is 9.84 Å². The van der Waals surface area contributed by atoms with E-state index in [-0.39, 0.29) is 17.8 Å². The molecule has 25 heavy (non-hydrogen) atoms. The molecule has 0 amide bonds. The van der Waals surface area contributed by atoms with E-state index in [1.54, 1.807) is 0 Å². The van der Waals surface area contributed by atoms with E-state index < -0.39 is 5.60 Å². The Hall–Kier alpha value is -2.13. The molecule has 0 unspecified atom stereocenters. The molecule has 0 aliphatic heterocycles. The predicted octanol–water partition coefficient (Wildman–Crippen LogP) is 4.11. The molecule has 3 rings (SSSR count). The van der Waals surface area contributed by atoms with Gasteiger partial charge in [0.15, 0.2) is 0 Å². The number of hydrogen-bond acceptors (Lipinski definition) is 3. The van der Waals surface area contributed by atoms with Crippen LogP contribution in [0.4, 0.5) is 0 Å². The Balaban J connectivity index is 1.84. The van der Waals surface area contributed by atoms with Crippen molar-refractivity contribution in [1.29, 1.82) is 0 Å². The third kappa shape index (κ3) is 4.29. The predicted molar refractivity (Wildman–Crippen MR) is 98.3 cm³/mol. The first-order chi connectivity index (χ1) is 12.1. The van der Waals surface area contributed by atoms with Crippen LogP contribution in [0.25, 0.3) is 0 Å². The topological polar surface area (TPSA) is 46.5 Å². The zero-order valence-electron chi connectivity index (χ0n) is 14.7. The van der Waals surface area contributed by atoms with E-state index in [1.165, 1.54) is 0 Å². The highest BCUT2D eigenvalue weighted by Crippen LogP contribution is 2.44. The minimum atomic E-state index is -0.787. The fraction of sp³-hybridized carbons (Fsp3) is 0.409. The number of benzene rings is 2. The van der Waals surface area contributed by atoms with Crippen LogP contribution < -0.4 is 0 Å². The zero-order valence-corrected chi connectivity index (χ0v) is 14.7. The van der Waals surface area contributed by atoms with E-state index in [4.69, 9.17) is 4.74 Å². The minimum Gasteiger partial charge on any atom is -0.466 e. The second kappa shape index (κ2) is 7.83. The van der Waals surface area contributed by atoms with Crippen molar-refractivity contribution in [3.8, 4) is 0 Å². The van der Waals surface area contributed by atoms with Crippen LogP contribution in [0.15, 0.2) is 60.7 Å². The third-order valence-corrected chi connectivity index (χ3v) is 5.20. The third-order valence-electron chi connectivity index (χ3n) is 5.20. The van der Waals surface area contributed by atoms with Crippen molar-refractivity contribution in [3.05, 3.63) is 71.8 Å². The molecule has 2 aromatic carbocycles. The maximum absolute atomic E-state index is 12.4. The molecule has 0 radical (unpaired) electrons. The van der Waals surface area contributed by atoms with Crippen molar-refractivity contribution in [2.45, 2.75) is 44.1 Å². The van der Waals surface area contributed by atoms with Gasteiger partial charge in [0.1, 0.15) is 0 Å². The molecule has 0 spiro atoms. The summed E-state index contributed by atoms with van der Waals surface area (Å²) in [6.07, 6.45) is 2.47. The summed E-state index contributed by atoms with van der Waals surface area (Å²) in [5.74, 6) is -0.334. The molecule has 132 valence electrons. The van der Waals surface area contributed by atoms with Gasteiger partial charge in [0.2, 0.25) is 0 Å². The summed E-state index contributed by atoms with van der Waals surface area (Å²) in [5, 5.41) is 11.2. The zero-order chi connectivity index (χ0) is 17.7. The first-order valence-corrected chi connectivity index (χ1v) is 9.09. The SMILES string of the molecule is CCOC(=O)[C@@H]1CC[C@](O)(Cc2ccccc2)C[C@H]1c1ccccc1. The normalized spacial score (nSPS) is 26.2. The molecule has 1 aliphatic carbocycles. The summed E-state index contributed by atoms with van der Waals surface area (Å²) in [6.45, 7) is 2.23. The van der Waals surface area contributed by atoms with Gasteiger partial charge in [-0.2, -0.15) is 0 Å². The quantitative estimate of drug-likeness (QED) is 0.835. The van der Waals surface area contributed by atoms with Crippen molar-refractivity contribution in [1.82, 2.24) is 0 Å². The molecule has 0 heterocycles. The van der Waals surface area contributed by atoms with Crippen LogP contribution in [0, 0.1) is 5.92 Å². The summed E-state index contributed by atoms with van der Waals surface area (Å²) >= 11 is 0. The van der Waals surface area contributed by atoms with Gasteiger partial charge in [-0.25, -0.2) is 0 Å². The smallest absolute Gasteiger partial charge is 0.309 e. The Labute approximate surface area is 149 Å². The molecule has 1 N–H and O–H groups in total. The van der Waals surface area contributed by atoms with Crippen LogP contribution in [-0.4, -0.2) is 23.3 Å². The minimum absolute atomic E-state index is 0.0114. The Kier molecular flexibility index (Phi) is 5.54. The lowest BCUT2D eigenvalue weighted by Crippen LogP contribution is -2.42. The van der Waals surface area contributed by atoms with Gasteiger partial charge in [-0.15, -0.1) is 0 Å². The number of ether oxygens (including phenoxy) is 1. The van der Waals surface area contributed by atoms with Crippen LogP contribution in [0.2, 0.25) is 0 Å². The fourth-order valence-corrected chi connectivity index (χ4v) is 4.00. The monoisotopic (exact) mass is 338 g/mol. The van der Waals surface area contributed by atoms with Crippen LogP contribution in [-0.2, 0) is 16.0 Å². The molecule has 1 fully saturated rings. The van der Waals surface area contributed by atoms with E-state index in [0.29, 0.717) is 32.3 Å². The second-order valence-corrected chi connectivity index (χ2v) is 7.01. The molecule has 1 saturated carbocycles. The Morgan fingerprint density at radius 3 is 2.40 bits per heavy atom. The summed E-state index contributed by atoms with van der Waals surface area (Å²) in [7, 11) is 0. The van der Waals surface area contributed by atoms with E-state index in [1.807, 2.05) is 67.6 Å². The van der Waals surface area contributed by atoms with Crippen LogP contribution in [0.1, 0.15) is 43.2 Å². The van der Waals surface area contributed by atoms with E-state index in [9.17, 15) is 9.90 Å². The van der Waals surface area contributed by atoms with Crippen molar-refractivity contribution in [2.24, 2.45) is 5.92 Å². The summed E-state index contributed by atoms with van der Waals surface area (Å²) in [6, 6.07) is 20.1. The van der Waals surface area contributed by atoms with Gasteiger partial charge in [0.05, 0.1) is 18.1 Å². The number of carbonyl (C=O) groups is 1. The standard InChI is InChI=1S/C22H26O3/c1-2-25-21(23)19-13-14-22(24,15-17-9-5-3-6-10-17)16-20(19)18-11-7-4-8-12-18/h3-12,19-20,24H,2,13-16H2,1H3/t19-,20+,22+/m1/s1. The van der Waals surface area contributed by atoms with E-state index in [0.717, 1.165) is 11.1 Å². The van der Waals surface area contributed by atoms with E-state index in [2.05, 4.69) is 0 Å². The maximum atomic E-state index is 12.4. The van der Waals surface area contributed by atoms with Gasteiger partial charge in [-0.05, 0) is 43.2 Å². The molecule has 0 aromatic heterocycles.